The topological polar surface area (TPSA) is 284 Å². The molecule has 12 rings (SSSR count). The fraction of sp³-hybridized carbons (Fsp3) is 0.410. The van der Waals surface area contributed by atoms with E-state index in [9.17, 15) is 37.5 Å². The third-order valence-corrected chi connectivity index (χ3v) is 15.3. The van der Waals surface area contributed by atoms with E-state index in [0.717, 1.165) is 0 Å². The molecule has 0 radical (unpaired) electrons. The van der Waals surface area contributed by atoms with Crippen LogP contribution in [-0.4, -0.2) is 134 Å². The van der Waals surface area contributed by atoms with E-state index in [1.54, 1.807) is 66.1 Å². The lowest BCUT2D eigenvalue weighted by atomic mass is 9.91. The van der Waals surface area contributed by atoms with Crippen molar-refractivity contribution in [1.82, 2.24) is 51.4 Å². The Bertz CT molecular complexity index is 3400. The van der Waals surface area contributed by atoms with E-state index in [2.05, 4.69) is 57.2 Å². The van der Waals surface area contributed by atoms with Crippen LogP contribution in [-0.2, 0) is 19.2 Å². The van der Waals surface area contributed by atoms with E-state index in [-0.39, 0.29) is 90.6 Å². The molecular formula is C61H72F2N12O10. The molecule has 6 aliphatic heterocycles. The first-order valence-electron chi connectivity index (χ1n) is 28.9. The summed E-state index contributed by atoms with van der Waals surface area (Å²) in [4.78, 5) is 94.9. The lowest BCUT2D eigenvalue weighted by Gasteiger charge is -2.33. The number of para-hydroxylation sites is 2. The molecule has 6 amide bonds. The summed E-state index contributed by atoms with van der Waals surface area (Å²) < 4.78 is 52.1. The van der Waals surface area contributed by atoms with Crippen molar-refractivity contribution in [2.45, 2.75) is 83.5 Å². The molecule has 1 fully saturated rings. The molecule has 6 aliphatic rings. The Labute approximate surface area is 490 Å². The van der Waals surface area contributed by atoms with Gasteiger partial charge < -0.3 is 71.0 Å². The van der Waals surface area contributed by atoms with Crippen LogP contribution in [0.1, 0.15) is 116 Å². The summed E-state index contributed by atoms with van der Waals surface area (Å²) in [7, 11) is 2.75. The van der Waals surface area contributed by atoms with E-state index in [0.29, 0.717) is 170 Å². The highest BCUT2D eigenvalue weighted by Crippen LogP contribution is 2.46. The molecule has 9 N–H and O–H groups in total. The number of fused-ring (bicyclic) bond motifs is 11. The second-order valence-electron chi connectivity index (χ2n) is 20.7. The summed E-state index contributed by atoms with van der Waals surface area (Å²) in [5, 5.41) is 21.1. The fourth-order valence-corrected chi connectivity index (χ4v) is 11.1. The van der Waals surface area contributed by atoms with E-state index in [4.69, 9.17) is 18.9 Å². The summed E-state index contributed by atoms with van der Waals surface area (Å²) in [6.07, 6.45) is 10.8. The van der Waals surface area contributed by atoms with Gasteiger partial charge >= 0.3 is 0 Å². The van der Waals surface area contributed by atoms with Crippen molar-refractivity contribution < 1.29 is 56.5 Å². The Balaban J connectivity index is 0.000000198. The molecule has 2 aromatic carbocycles. The second-order valence-corrected chi connectivity index (χ2v) is 20.7. The summed E-state index contributed by atoms with van der Waals surface area (Å²) in [6, 6.07) is 12.5. The van der Waals surface area contributed by atoms with Gasteiger partial charge in [0.15, 0.2) is 23.1 Å². The number of nitrogens with zero attached hydrogens (tertiary/aromatic N) is 3. The van der Waals surface area contributed by atoms with Crippen molar-refractivity contribution in [2.24, 2.45) is 5.92 Å². The lowest BCUT2D eigenvalue weighted by Crippen LogP contribution is -2.44. The number of carbonyl (C=O) groups excluding carboxylic acids is 6. The van der Waals surface area contributed by atoms with Gasteiger partial charge in [0.25, 0.3) is 11.8 Å². The highest BCUT2D eigenvalue weighted by Gasteiger charge is 2.38. The van der Waals surface area contributed by atoms with Crippen LogP contribution in [0.5, 0.6) is 23.0 Å². The third-order valence-electron chi connectivity index (χ3n) is 15.3. The molecule has 10 heterocycles. The molecule has 24 heteroatoms. The molecule has 1 unspecified atom stereocenters. The van der Waals surface area contributed by atoms with Crippen molar-refractivity contribution in [2.75, 3.05) is 83.9 Å². The Morgan fingerprint density at radius 3 is 1.61 bits per heavy atom. The third kappa shape index (κ3) is 13.9. The van der Waals surface area contributed by atoms with Gasteiger partial charge in [0.1, 0.15) is 11.5 Å². The first kappa shape index (κ1) is 60.4. The van der Waals surface area contributed by atoms with Gasteiger partial charge in [-0.1, -0.05) is 26.0 Å². The van der Waals surface area contributed by atoms with E-state index in [1.807, 2.05) is 13.8 Å². The number of rotatable bonds is 6. The number of hydrogen-bond acceptors (Lipinski definition) is 14. The monoisotopic (exact) mass is 1170 g/mol. The number of aromatic nitrogens is 4. The Morgan fingerprint density at radius 1 is 0.588 bits per heavy atom. The standard InChI is InChI=1S/C30H33FN6O5.C29H33FN6O5.C2H6/c1-41-28-20(31)4-2-5-21(28)35-27-24-25-18(15-34-30(24)40)14-23(38)37-11-7-17(8-12-37)29(39)33-9-3-13-42-22-16-32-10-6-19(22)26(27)36-25;1-40-28-19(30)6-4-7-20(28)35-27-24-25-17(15-34-29(24)39)14-23(38)33-10-3-2-8-22(37)32-11-5-13-41-21-16-31-12-9-18(21)26(27)36-25;1-2/h2,4-6,10,16-18,35-36H,3,7-9,11-15H2,1H3,(H,33,39)(H,34,40);4,6-7,9,12,16-17,35-36H,2-3,5,8,10-11,13-15H2,1H3,(H,32,37)(H,33,38)(H,34,39);1-2H3/t;17-;/m.1./s1. The van der Waals surface area contributed by atoms with E-state index in [1.165, 1.54) is 26.4 Å². The van der Waals surface area contributed by atoms with Crippen LogP contribution < -0.4 is 56.2 Å². The van der Waals surface area contributed by atoms with Crippen LogP contribution >= 0.6 is 0 Å². The lowest BCUT2D eigenvalue weighted by molar-refractivity contribution is -0.136. The van der Waals surface area contributed by atoms with Crippen molar-refractivity contribution in [3.63, 3.8) is 0 Å². The van der Waals surface area contributed by atoms with Crippen molar-refractivity contribution in [3.8, 4) is 45.5 Å². The Kier molecular flexibility index (Phi) is 20.2. The predicted molar refractivity (Wildman–Crippen MR) is 314 cm³/mol. The number of halogens is 2. The number of anilines is 4. The van der Waals surface area contributed by atoms with Gasteiger partial charge in [0.2, 0.25) is 23.6 Å². The maximum absolute atomic E-state index is 14.6. The van der Waals surface area contributed by atoms with Gasteiger partial charge in [0, 0.05) is 118 Å². The maximum Gasteiger partial charge on any atom is 0.255 e. The van der Waals surface area contributed by atoms with Crippen molar-refractivity contribution in [3.05, 3.63) is 107 Å². The van der Waals surface area contributed by atoms with E-state index < -0.39 is 11.6 Å². The maximum atomic E-state index is 14.6. The summed E-state index contributed by atoms with van der Waals surface area (Å²) >= 11 is 0. The quantitative estimate of drug-likeness (QED) is 0.0772. The number of methoxy groups -OCH3 is 2. The number of benzene rings is 2. The largest absolute Gasteiger partial charge is 0.492 e. The molecule has 0 aliphatic carbocycles. The minimum absolute atomic E-state index is 0.00326. The average molecular weight is 1170 g/mol. The fourth-order valence-electron chi connectivity index (χ4n) is 11.1. The predicted octanol–water partition coefficient (Wildman–Crippen LogP) is 7.72. The number of ether oxygens (including phenoxy) is 4. The van der Waals surface area contributed by atoms with E-state index >= 15 is 0 Å². The molecule has 6 aromatic rings. The molecule has 6 bridgehead atoms. The highest BCUT2D eigenvalue weighted by molar-refractivity contribution is 6.08. The summed E-state index contributed by atoms with van der Waals surface area (Å²) in [6.45, 7) is 7.57. The van der Waals surface area contributed by atoms with Crippen LogP contribution in [0.3, 0.4) is 0 Å². The Morgan fingerprint density at radius 2 is 1.08 bits per heavy atom. The molecule has 22 nitrogen and oxygen atoms in total. The molecule has 4 aromatic heterocycles. The molecule has 450 valence electrons. The minimum Gasteiger partial charge on any atom is -0.492 e. The van der Waals surface area contributed by atoms with Gasteiger partial charge in [-0.3, -0.25) is 38.7 Å². The van der Waals surface area contributed by atoms with Gasteiger partial charge in [0.05, 0.1) is 85.1 Å². The SMILES string of the molecule is CC.COc1c(F)cccc1Nc1c2[nH]c3c1C(=O)NCC3CC(=O)N1CCC(CC1)C(=O)NCCCOc1cnccc1-2.COc1c(F)cccc1Nc1c2[nH]c3c1C(=O)NC[C@H]3CC(=O)NCCCCC(=O)NCCCOc1cnccc1-2. The number of nitrogens with one attached hydrogen (secondary N) is 9. The highest BCUT2D eigenvalue weighted by atomic mass is 19.1. The summed E-state index contributed by atoms with van der Waals surface area (Å²) in [5.41, 5.74) is 5.63. The second kappa shape index (κ2) is 28.4. The normalized spacial score (nSPS) is 19.2. The zero-order valence-electron chi connectivity index (χ0n) is 48.1. The number of H-pyrrole nitrogens is 2. The molecule has 0 spiro atoms. The first-order valence-corrected chi connectivity index (χ1v) is 28.9. The molecule has 1 saturated heterocycles. The van der Waals surface area contributed by atoms with Crippen LogP contribution in [0.4, 0.5) is 31.5 Å². The summed E-state index contributed by atoms with van der Waals surface area (Å²) in [5.74, 6) is -1.86. The zero-order chi connectivity index (χ0) is 60.0. The number of carbonyl (C=O) groups is 6. The first-order chi connectivity index (χ1) is 41.4. The van der Waals surface area contributed by atoms with Crippen molar-refractivity contribution in [1.29, 1.82) is 0 Å². The Hall–Kier alpha value is -9.22. The number of piperidine rings is 1. The molecule has 2 atom stereocenters. The van der Waals surface area contributed by atoms with Crippen LogP contribution in [0, 0.1) is 17.6 Å². The minimum atomic E-state index is -0.560. The van der Waals surface area contributed by atoms with Crippen LogP contribution in [0.25, 0.3) is 22.5 Å². The van der Waals surface area contributed by atoms with Gasteiger partial charge in [-0.25, -0.2) is 8.78 Å². The number of amides is 6. The zero-order valence-corrected chi connectivity index (χ0v) is 48.1. The van der Waals surface area contributed by atoms with Crippen LogP contribution in [0.2, 0.25) is 0 Å². The molecule has 0 saturated carbocycles. The molecule has 85 heavy (non-hydrogen) atoms. The molecular weight excluding hydrogens is 1100 g/mol. The van der Waals surface area contributed by atoms with Gasteiger partial charge in [-0.05, 0) is 74.9 Å². The smallest absolute Gasteiger partial charge is 0.255 e. The number of hydrogen-bond donors (Lipinski definition) is 9. The van der Waals surface area contributed by atoms with Gasteiger partial charge in [-0.15, -0.1) is 0 Å². The van der Waals surface area contributed by atoms with Gasteiger partial charge in [-0.2, -0.15) is 0 Å². The van der Waals surface area contributed by atoms with Crippen LogP contribution in [0.15, 0.2) is 73.3 Å². The van der Waals surface area contributed by atoms with Crippen molar-refractivity contribution >= 4 is 58.2 Å². The number of aromatic amines is 2. The average Bonchev–Trinajstić information content (AvgIpc) is 2.10. The number of pyridine rings is 2.